The lowest BCUT2D eigenvalue weighted by atomic mass is 9.89. The Hall–Kier alpha value is -3.55. The van der Waals surface area contributed by atoms with E-state index in [1.807, 2.05) is 0 Å². The summed E-state index contributed by atoms with van der Waals surface area (Å²) in [6.07, 6.45) is 5.14. The second-order valence-electron chi connectivity index (χ2n) is 7.77. The molecule has 8 nitrogen and oxygen atoms in total. The van der Waals surface area contributed by atoms with Gasteiger partial charge >= 0.3 is 0 Å². The number of benzene rings is 2. The molecule has 0 heterocycles. The van der Waals surface area contributed by atoms with Gasteiger partial charge in [-0.15, -0.1) is 0 Å². The van der Waals surface area contributed by atoms with Crippen molar-refractivity contribution in [3.05, 3.63) is 53.6 Å². The van der Waals surface area contributed by atoms with Crippen LogP contribution in [0.4, 0.5) is 5.69 Å². The van der Waals surface area contributed by atoms with Gasteiger partial charge in [-0.25, -0.2) is 0 Å². The number of carbonyl (C=O) groups excluding carboxylic acids is 3. The van der Waals surface area contributed by atoms with Gasteiger partial charge in [0.25, 0.3) is 5.91 Å². The van der Waals surface area contributed by atoms with Gasteiger partial charge < -0.3 is 14.8 Å². The third-order valence-corrected chi connectivity index (χ3v) is 5.52. The van der Waals surface area contributed by atoms with Gasteiger partial charge in [0.05, 0.1) is 20.6 Å². The van der Waals surface area contributed by atoms with E-state index in [0.717, 1.165) is 37.7 Å². The molecular formula is C24H29N3O5. The van der Waals surface area contributed by atoms with Crippen molar-refractivity contribution >= 4 is 23.4 Å². The third-order valence-electron chi connectivity index (χ3n) is 5.52. The first-order chi connectivity index (χ1) is 15.5. The molecule has 3 N–H and O–H groups in total. The van der Waals surface area contributed by atoms with E-state index in [2.05, 4.69) is 16.2 Å². The van der Waals surface area contributed by atoms with Gasteiger partial charge in [0.2, 0.25) is 11.8 Å². The minimum Gasteiger partial charge on any atom is -0.493 e. The molecule has 3 rings (SSSR count). The molecule has 1 aliphatic rings. The Morgan fingerprint density at radius 1 is 0.875 bits per heavy atom. The minimum absolute atomic E-state index is 0.0349. The molecule has 0 spiro atoms. The molecule has 0 aliphatic heterocycles. The van der Waals surface area contributed by atoms with Gasteiger partial charge in [-0.05, 0) is 54.8 Å². The molecule has 2 aromatic rings. The summed E-state index contributed by atoms with van der Waals surface area (Å²) in [5.41, 5.74) is 6.71. The monoisotopic (exact) mass is 439 g/mol. The van der Waals surface area contributed by atoms with Crippen molar-refractivity contribution in [1.29, 1.82) is 0 Å². The Morgan fingerprint density at radius 3 is 2.22 bits per heavy atom. The van der Waals surface area contributed by atoms with Crippen LogP contribution in [0.3, 0.4) is 0 Å². The van der Waals surface area contributed by atoms with E-state index in [9.17, 15) is 14.4 Å². The highest BCUT2D eigenvalue weighted by Crippen LogP contribution is 2.28. The number of nitrogens with one attached hydrogen (secondary N) is 3. The second-order valence-corrected chi connectivity index (χ2v) is 7.77. The molecule has 1 saturated carbocycles. The number of ether oxygens (including phenoxy) is 2. The first-order valence-electron chi connectivity index (χ1n) is 10.7. The van der Waals surface area contributed by atoms with Crippen LogP contribution in [-0.2, 0) is 16.0 Å². The average Bonchev–Trinajstić information content (AvgIpc) is 2.83. The zero-order valence-electron chi connectivity index (χ0n) is 18.4. The molecule has 1 fully saturated rings. The summed E-state index contributed by atoms with van der Waals surface area (Å²) in [5.74, 6) is 0.375. The third kappa shape index (κ3) is 6.23. The molecule has 2 aromatic carbocycles. The topological polar surface area (TPSA) is 106 Å². The summed E-state index contributed by atoms with van der Waals surface area (Å²) >= 11 is 0. The standard InChI is InChI=1S/C24H29N3O5/c1-31-20-13-8-16(14-21(20)32-2)15-22(28)25-19-11-9-18(10-12-19)24(30)27-26-23(29)17-6-4-3-5-7-17/h8-14,17H,3-7,15H2,1-2H3,(H,25,28)(H,26,29)(H,27,30). The fraction of sp³-hybridized carbons (Fsp3) is 0.375. The van der Waals surface area contributed by atoms with Gasteiger partial charge in [0.1, 0.15) is 0 Å². The van der Waals surface area contributed by atoms with Crippen LogP contribution in [0.1, 0.15) is 48.0 Å². The highest BCUT2D eigenvalue weighted by atomic mass is 16.5. The van der Waals surface area contributed by atoms with Gasteiger partial charge in [0.15, 0.2) is 11.5 Å². The highest BCUT2D eigenvalue weighted by molar-refractivity contribution is 5.97. The van der Waals surface area contributed by atoms with Crippen LogP contribution < -0.4 is 25.6 Å². The maximum atomic E-state index is 12.4. The normalized spacial score (nSPS) is 13.7. The van der Waals surface area contributed by atoms with Crippen molar-refractivity contribution in [3.63, 3.8) is 0 Å². The van der Waals surface area contributed by atoms with Crippen molar-refractivity contribution in [2.75, 3.05) is 19.5 Å². The smallest absolute Gasteiger partial charge is 0.269 e. The molecule has 8 heteroatoms. The number of hydrazine groups is 1. The van der Waals surface area contributed by atoms with E-state index in [0.29, 0.717) is 22.7 Å². The van der Waals surface area contributed by atoms with E-state index in [1.165, 1.54) is 0 Å². The second kappa shape index (κ2) is 11.2. The summed E-state index contributed by atoms with van der Waals surface area (Å²) in [7, 11) is 3.10. The Labute approximate surface area is 187 Å². The maximum absolute atomic E-state index is 12.4. The van der Waals surface area contributed by atoms with Crippen molar-refractivity contribution in [1.82, 2.24) is 10.9 Å². The van der Waals surface area contributed by atoms with Crippen molar-refractivity contribution in [2.45, 2.75) is 38.5 Å². The van der Waals surface area contributed by atoms with E-state index in [-0.39, 0.29) is 24.2 Å². The summed E-state index contributed by atoms with van der Waals surface area (Å²) in [6, 6.07) is 11.8. The number of hydrogen-bond acceptors (Lipinski definition) is 5. The molecule has 32 heavy (non-hydrogen) atoms. The number of hydrogen-bond donors (Lipinski definition) is 3. The molecule has 3 amide bonds. The number of methoxy groups -OCH3 is 2. The zero-order chi connectivity index (χ0) is 22.9. The average molecular weight is 440 g/mol. The summed E-state index contributed by atoms with van der Waals surface area (Å²) in [6.45, 7) is 0. The first-order valence-corrected chi connectivity index (χ1v) is 10.7. The van der Waals surface area contributed by atoms with Gasteiger partial charge in [-0.1, -0.05) is 25.3 Å². The van der Waals surface area contributed by atoms with Crippen LogP contribution in [0.15, 0.2) is 42.5 Å². The van der Waals surface area contributed by atoms with Crippen LogP contribution in [0.2, 0.25) is 0 Å². The zero-order valence-corrected chi connectivity index (χ0v) is 18.4. The summed E-state index contributed by atoms with van der Waals surface area (Å²) in [5, 5.41) is 2.80. The fourth-order valence-corrected chi connectivity index (χ4v) is 3.74. The van der Waals surface area contributed by atoms with Crippen LogP contribution in [-0.4, -0.2) is 31.9 Å². The minimum atomic E-state index is -0.405. The fourth-order valence-electron chi connectivity index (χ4n) is 3.74. The Balaban J connectivity index is 1.49. The number of amides is 3. The lowest BCUT2D eigenvalue weighted by molar-refractivity contribution is -0.126. The van der Waals surface area contributed by atoms with Crippen LogP contribution in [0.25, 0.3) is 0 Å². The summed E-state index contributed by atoms with van der Waals surface area (Å²) in [4.78, 5) is 36.8. The van der Waals surface area contributed by atoms with Gasteiger partial charge in [-0.2, -0.15) is 0 Å². The quantitative estimate of drug-likeness (QED) is 0.575. The van der Waals surface area contributed by atoms with Crippen LogP contribution >= 0.6 is 0 Å². The lowest BCUT2D eigenvalue weighted by Crippen LogP contribution is -2.44. The van der Waals surface area contributed by atoms with E-state index in [4.69, 9.17) is 9.47 Å². The van der Waals surface area contributed by atoms with Crippen molar-refractivity contribution in [3.8, 4) is 11.5 Å². The predicted octanol–water partition coefficient (Wildman–Crippen LogP) is 3.23. The molecule has 0 saturated heterocycles. The first kappa shape index (κ1) is 23.1. The molecule has 0 unspecified atom stereocenters. The molecule has 170 valence electrons. The lowest BCUT2D eigenvalue weighted by Gasteiger charge is -2.20. The summed E-state index contributed by atoms with van der Waals surface area (Å²) < 4.78 is 10.5. The van der Waals surface area contributed by atoms with E-state index < -0.39 is 5.91 Å². The molecular weight excluding hydrogens is 410 g/mol. The number of rotatable bonds is 7. The maximum Gasteiger partial charge on any atom is 0.269 e. The van der Waals surface area contributed by atoms with E-state index in [1.54, 1.807) is 56.7 Å². The van der Waals surface area contributed by atoms with Gasteiger partial charge in [0, 0.05) is 17.2 Å². The predicted molar refractivity (Wildman–Crippen MR) is 121 cm³/mol. The van der Waals surface area contributed by atoms with Crippen LogP contribution in [0, 0.1) is 5.92 Å². The van der Waals surface area contributed by atoms with Gasteiger partial charge in [-0.3, -0.25) is 25.2 Å². The number of anilines is 1. The van der Waals surface area contributed by atoms with Crippen LogP contribution in [0.5, 0.6) is 11.5 Å². The Morgan fingerprint density at radius 2 is 1.56 bits per heavy atom. The molecule has 0 aromatic heterocycles. The van der Waals surface area contributed by atoms with Crippen molar-refractivity contribution in [2.24, 2.45) is 5.92 Å². The van der Waals surface area contributed by atoms with Crippen molar-refractivity contribution < 1.29 is 23.9 Å². The molecule has 0 radical (unpaired) electrons. The molecule has 0 bridgehead atoms. The largest absolute Gasteiger partial charge is 0.493 e. The Bertz CT molecular complexity index is 953. The SMILES string of the molecule is COc1ccc(CC(=O)Nc2ccc(C(=O)NNC(=O)C3CCCCC3)cc2)cc1OC. The molecule has 0 atom stereocenters. The highest BCUT2D eigenvalue weighted by Gasteiger charge is 2.21. The molecule has 1 aliphatic carbocycles. The Kier molecular flexibility index (Phi) is 8.08. The van der Waals surface area contributed by atoms with E-state index >= 15 is 0 Å². The number of carbonyl (C=O) groups is 3.